The van der Waals surface area contributed by atoms with E-state index in [0.29, 0.717) is 12.8 Å². The Balaban J connectivity index is 2.11. The van der Waals surface area contributed by atoms with E-state index in [4.69, 9.17) is 0 Å². The van der Waals surface area contributed by atoms with Crippen LogP contribution < -0.4 is 5.32 Å². The molecule has 1 aromatic rings. The first-order valence-electron chi connectivity index (χ1n) is 6.70. The number of hydrogen-bond acceptors (Lipinski definition) is 3. The molecule has 1 fully saturated rings. The van der Waals surface area contributed by atoms with Crippen LogP contribution >= 0.6 is 11.8 Å². The molecule has 21 heavy (non-hydrogen) atoms. The minimum absolute atomic E-state index is 0.0161. The van der Waals surface area contributed by atoms with Crippen molar-refractivity contribution >= 4 is 17.7 Å². The van der Waals surface area contributed by atoms with Crippen molar-refractivity contribution in [2.75, 3.05) is 0 Å². The van der Waals surface area contributed by atoms with E-state index in [1.54, 1.807) is 0 Å². The number of benzene rings is 1. The number of nitrogens with one attached hydrogen (secondary N) is 1. The highest BCUT2D eigenvalue weighted by Gasteiger charge is 2.32. The highest BCUT2D eigenvalue weighted by molar-refractivity contribution is 8.00. The van der Waals surface area contributed by atoms with Crippen LogP contribution in [0.25, 0.3) is 0 Å². The number of alkyl halides is 3. The number of hydrogen-bond donors (Lipinski definition) is 2. The van der Waals surface area contributed by atoms with E-state index in [9.17, 15) is 23.1 Å². The van der Waals surface area contributed by atoms with Gasteiger partial charge in [-0.05, 0) is 36.7 Å². The summed E-state index contributed by atoms with van der Waals surface area (Å²) in [6.45, 7) is 0. The predicted molar refractivity (Wildman–Crippen MR) is 74.1 cm³/mol. The van der Waals surface area contributed by atoms with Gasteiger partial charge in [-0.15, -0.1) is 0 Å². The van der Waals surface area contributed by atoms with Crippen molar-refractivity contribution in [2.45, 2.75) is 48.2 Å². The van der Waals surface area contributed by atoms with Gasteiger partial charge in [0.25, 0.3) is 5.91 Å². The summed E-state index contributed by atoms with van der Waals surface area (Å²) in [6.07, 6.45) is 2.39. The van der Waals surface area contributed by atoms with Gasteiger partial charge in [0.2, 0.25) is 0 Å². The van der Waals surface area contributed by atoms with E-state index in [2.05, 4.69) is 5.32 Å². The SMILES string of the molecule is O=C(N[C@@H]1CCCC[C@H]1O)c1ccccc1SC(F)(F)F. The van der Waals surface area contributed by atoms with Crippen molar-refractivity contribution < 1.29 is 23.1 Å². The molecule has 7 heteroatoms. The minimum atomic E-state index is -4.44. The van der Waals surface area contributed by atoms with Crippen LogP contribution in [-0.4, -0.2) is 28.7 Å². The number of thioether (sulfide) groups is 1. The molecule has 3 nitrogen and oxygen atoms in total. The molecule has 1 saturated carbocycles. The molecule has 0 heterocycles. The summed E-state index contributed by atoms with van der Waals surface area (Å²) >= 11 is -0.305. The van der Waals surface area contributed by atoms with Gasteiger partial charge in [-0.2, -0.15) is 13.2 Å². The molecular formula is C14H16F3NO2S. The number of rotatable bonds is 3. The van der Waals surface area contributed by atoms with Crippen LogP contribution in [0.2, 0.25) is 0 Å². The number of carbonyl (C=O) groups is 1. The average molecular weight is 319 g/mol. The Morgan fingerprint density at radius 2 is 1.90 bits per heavy atom. The maximum absolute atomic E-state index is 12.5. The summed E-state index contributed by atoms with van der Waals surface area (Å²) in [5.41, 5.74) is -4.46. The zero-order chi connectivity index (χ0) is 15.5. The molecule has 0 bridgehead atoms. The predicted octanol–water partition coefficient (Wildman–Crippen LogP) is 3.33. The van der Waals surface area contributed by atoms with Gasteiger partial charge in [0.1, 0.15) is 0 Å². The monoisotopic (exact) mass is 319 g/mol. The maximum Gasteiger partial charge on any atom is 0.446 e. The topological polar surface area (TPSA) is 49.3 Å². The van der Waals surface area contributed by atoms with Crippen molar-refractivity contribution in [3.63, 3.8) is 0 Å². The van der Waals surface area contributed by atoms with Crippen LogP contribution in [0.5, 0.6) is 0 Å². The van der Waals surface area contributed by atoms with Gasteiger partial charge < -0.3 is 10.4 Å². The zero-order valence-corrected chi connectivity index (χ0v) is 12.0. The van der Waals surface area contributed by atoms with Crippen molar-refractivity contribution in [3.8, 4) is 0 Å². The Hall–Kier alpha value is -1.21. The molecule has 0 unspecified atom stereocenters. The van der Waals surface area contributed by atoms with Gasteiger partial charge in [-0.3, -0.25) is 4.79 Å². The first-order valence-corrected chi connectivity index (χ1v) is 7.52. The van der Waals surface area contributed by atoms with E-state index < -0.39 is 23.6 Å². The number of amides is 1. The van der Waals surface area contributed by atoms with Crippen LogP contribution in [0.3, 0.4) is 0 Å². The van der Waals surface area contributed by atoms with E-state index in [1.807, 2.05) is 0 Å². The molecule has 0 saturated heterocycles. The molecule has 1 amide bonds. The fraction of sp³-hybridized carbons (Fsp3) is 0.500. The summed E-state index contributed by atoms with van der Waals surface area (Å²) in [4.78, 5) is 12.0. The highest BCUT2D eigenvalue weighted by atomic mass is 32.2. The van der Waals surface area contributed by atoms with Crippen molar-refractivity contribution in [1.29, 1.82) is 0 Å². The lowest BCUT2D eigenvalue weighted by Gasteiger charge is -2.28. The van der Waals surface area contributed by atoms with Crippen molar-refractivity contribution in [2.24, 2.45) is 0 Å². The Bertz CT molecular complexity index is 507. The molecule has 1 aromatic carbocycles. The largest absolute Gasteiger partial charge is 0.446 e. The zero-order valence-electron chi connectivity index (χ0n) is 11.2. The Labute approximate surface area is 124 Å². The fourth-order valence-electron chi connectivity index (χ4n) is 2.39. The molecule has 0 aromatic heterocycles. The van der Waals surface area contributed by atoms with Gasteiger partial charge in [0.05, 0.1) is 17.7 Å². The normalized spacial score (nSPS) is 22.9. The molecule has 1 aliphatic carbocycles. The lowest BCUT2D eigenvalue weighted by Crippen LogP contribution is -2.45. The molecule has 2 rings (SSSR count). The Kier molecular flexibility index (Phi) is 5.16. The van der Waals surface area contributed by atoms with Crippen LogP contribution in [-0.2, 0) is 0 Å². The second kappa shape index (κ2) is 6.70. The van der Waals surface area contributed by atoms with Gasteiger partial charge in [-0.1, -0.05) is 25.0 Å². The van der Waals surface area contributed by atoms with Crippen LogP contribution in [0.4, 0.5) is 13.2 Å². The van der Waals surface area contributed by atoms with E-state index in [-0.39, 0.29) is 22.2 Å². The molecule has 2 N–H and O–H groups in total. The summed E-state index contributed by atoms with van der Waals surface area (Å²) in [6, 6.07) is 5.21. The molecule has 1 aliphatic rings. The van der Waals surface area contributed by atoms with E-state index in [1.165, 1.54) is 24.3 Å². The third-order valence-corrected chi connectivity index (χ3v) is 4.21. The molecule has 2 atom stereocenters. The summed E-state index contributed by atoms with van der Waals surface area (Å²) in [7, 11) is 0. The summed E-state index contributed by atoms with van der Waals surface area (Å²) < 4.78 is 37.5. The van der Waals surface area contributed by atoms with E-state index >= 15 is 0 Å². The lowest BCUT2D eigenvalue weighted by atomic mass is 9.92. The maximum atomic E-state index is 12.5. The number of carbonyl (C=O) groups excluding carboxylic acids is 1. The van der Waals surface area contributed by atoms with Gasteiger partial charge in [0.15, 0.2) is 0 Å². The second-order valence-corrected chi connectivity index (χ2v) is 6.08. The van der Waals surface area contributed by atoms with Gasteiger partial charge >= 0.3 is 5.51 Å². The van der Waals surface area contributed by atoms with Crippen LogP contribution in [0, 0.1) is 0 Å². The Morgan fingerprint density at radius 1 is 1.24 bits per heavy atom. The lowest BCUT2D eigenvalue weighted by molar-refractivity contribution is -0.0328. The summed E-state index contributed by atoms with van der Waals surface area (Å²) in [5, 5.41) is 12.5. The number of aliphatic hydroxyl groups is 1. The molecule has 0 spiro atoms. The first-order chi connectivity index (χ1) is 9.87. The molecular weight excluding hydrogens is 303 g/mol. The molecule has 0 aliphatic heterocycles. The summed E-state index contributed by atoms with van der Waals surface area (Å²) in [5.74, 6) is -0.576. The number of aliphatic hydroxyl groups excluding tert-OH is 1. The van der Waals surface area contributed by atoms with E-state index in [0.717, 1.165) is 12.8 Å². The smallest absolute Gasteiger partial charge is 0.391 e. The Morgan fingerprint density at radius 3 is 2.57 bits per heavy atom. The minimum Gasteiger partial charge on any atom is -0.391 e. The third kappa shape index (κ3) is 4.64. The second-order valence-electron chi connectivity index (χ2n) is 4.98. The van der Waals surface area contributed by atoms with Gasteiger partial charge in [-0.25, -0.2) is 0 Å². The third-order valence-electron chi connectivity index (χ3n) is 3.40. The molecule has 0 radical (unpaired) electrons. The highest BCUT2D eigenvalue weighted by Crippen LogP contribution is 2.38. The quantitative estimate of drug-likeness (QED) is 0.840. The van der Waals surface area contributed by atoms with Crippen molar-refractivity contribution in [1.82, 2.24) is 5.32 Å². The fourth-order valence-corrected chi connectivity index (χ4v) is 3.06. The van der Waals surface area contributed by atoms with Gasteiger partial charge in [0, 0.05) is 4.90 Å². The average Bonchev–Trinajstić information content (AvgIpc) is 2.40. The van der Waals surface area contributed by atoms with Crippen LogP contribution in [0.1, 0.15) is 36.0 Å². The number of halogens is 3. The van der Waals surface area contributed by atoms with Crippen molar-refractivity contribution in [3.05, 3.63) is 29.8 Å². The van der Waals surface area contributed by atoms with Crippen LogP contribution in [0.15, 0.2) is 29.2 Å². The standard InChI is InChI=1S/C14H16F3NO2S/c15-14(16,17)21-12-8-4-1-5-9(12)13(20)18-10-6-2-3-7-11(10)19/h1,4-5,8,10-11,19H,2-3,6-7H2,(H,18,20)/t10-,11-/m1/s1. The molecule has 116 valence electrons. The first kappa shape index (κ1) is 16.2.